The average molecular weight is 209 g/mol. The Bertz CT molecular complexity index is 369. The van der Waals surface area contributed by atoms with Gasteiger partial charge in [-0.2, -0.15) is 0 Å². The molecule has 2 rings (SSSR count). The van der Waals surface area contributed by atoms with E-state index in [0.29, 0.717) is 18.7 Å². The van der Waals surface area contributed by atoms with E-state index < -0.39 is 11.4 Å². The fourth-order valence-electron chi connectivity index (χ4n) is 2.18. The number of carboxylic acid groups (broad SMARTS) is 1. The molecule has 1 heterocycles. The molecule has 1 aromatic heterocycles. The molecular weight excluding hydrogens is 194 g/mol. The lowest BCUT2D eigenvalue weighted by Crippen LogP contribution is -2.32. The predicted molar refractivity (Wildman–Crippen MR) is 53.8 cm³/mol. The monoisotopic (exact) mass is 209 g/mol. The van der Waals surface area contributed by atoms with Gasteiger partial charge in [-0.1, -0.05) is 12.8 Å². The Balaban J connectivity index is 2.45. The molecule has 4 nitrogen and oxygen atoms in total. The Morgan fingerprint density at radius 1 is 1.40 bits per heavy atom. The third-order valence-electron chi connectivity index (χ3n) is 3.30. The van der Waals surface area contributed by atoms with Crippen LogP contribution in [0.15, 0.2) is 4.42 Å². The van der Waals surface area contributed by atoms with Gasteiger partial charge in [-0.05, 0) is 26.7 Å². The summed E-state index contributed by atoms with van der Waals surface area (Å²) in [4.78, 5) is 15.6. The first-order valence-electron chi connectivity index (χ1n) is 5.24. The third-order valence-corrected chi connectivity index (χ3v) is 3.30. The van der Waals surface area contributed by atoms with Crippen LogP contribution < -0.4 is 0 Å². The number of rotatable bonds is 2. The van der Waals surface area contributed by atoms with Crippen molar-refractivity contribution in [1.82, 2.24) is 4.98 Å². The summed E-state index contributed by atoms with van der Waals surface area (Å²) in [7, 11) is 0. The summed E-state index contributed by atoms with van der Waals surface area (Å²) in [5, 5.41) is 9.32. The van der Waals surface area contributed by atoms with Gasteiger partial charge in [-0.3, -0.25) is 4.79 Å². The van der Waals surface area contributed by atoms with Crippen molar-refractivity contribution in [2.24, 2.45) is 0 Å². The van der Waals surface area contributed by atoms with Crippen molar-refractivity contribution < 1.29 is 14.3 Å². The topological polar surface area (TPSA) is 63.3 Å². The number of carbonyl (C=O) groups is 1. The highest BCUT2D eigenvalue weighted by Crippen LogP contribution is 2.41. The Hall–Kier alpha value is -1.32. The summed E-state index contributed by atoms with van der Waals surface area (Å²) in [5.74, 6) is 0.307. The molecule has 0 amide bonds. The van der Waals surface area contributed by atoms with Gasteiger partial charge in [0.05, 0.1) is 5.69 Å². The van der Waals surface area contributed by atoms with Crippen molar-refractivity contribution >= 4 is 5.97 Å². The first-order chi connectivity index (χ1) is 7.06. The van der Waals surface area contributed by atoms with E-state index in [-0.39, 0.29) is 0 Å². The highest BCUT2D eigenvalue weighted by molar-refractivity contribution is 5.80. The van der Waals surface area contributed by atoms with Crippen molar-refractivity contribution in [3.8, 4) is 0 Å². The maximum Gasteiger partial charge on any atom is 0.319 e. The number of aryl methyl sites for hydroxylation is 2. The molecule has 1 aliphatic carbocycles. The van der Waals surface area contributed by atoms with E-state index in [4.69, 9.17) is 4.42 Å². The fourth-order valence-corrected chi connectivity index (χ4v) is 2.18. The van der Waals surface area contributed by atoms with E-state index in [0.717, 1.165) is 24.3 Å². The molecular formula is C11H15NO3. The minimum Gasteiger partial charge on any atom is -0.480 e. The van der Waals surface area contributed by atoms with Gasteiger partial charge >= 0.3 is 5.97 Å². The van der Waals surface area contributed by atoms with Gasteiger partial charge in [-0.15, -0.1) is 0 Å². The minimum atomic E-state index is -0.862. The zero-order valence-corrected chi connectivity index (χ0v) is 9.04. The summed E-state index contributed by atoms with van der Waals surface area (Å²) in [6.07, 6.45) is 3.16. The fraction of sp³-hybridized carbons (Fsp3) is 0.636. The van der Waals surface area contributed by atoms with Gasteiger partial charge < -0.3 is 9.52 Å². The molecule has 0 atom stereocenters. The molecule has 0 saturated heterocycles. The molecule has 1 fully saturated rings. The van der Waals surface area contributed by atoms with E-state index in [1.807, 2.05) is 13.8 Å². The maximum atomic E-state index is 11.3. The summed E-state index contributed by atoms with van der Waals surface area (Å²) in [6, 6.07) is 0. The van der Waals surface area contributed by atoms with E-state index in [1.54, 1.807) is 0 Å². The van der Waals surface area contributed by atoms with Gasteiger partial charge in [0, 0.05) is 0 Å². The summed E-state index contributed by atoms with van der Waals surface area (Å²) < 4.78 is 5.47. The van der Waals surface area contributed by atoms with Crippen LogP contribution in [0.2, 0.25) is 0 Å². The van der Waals surface area contributed by atoms with Crippen LogP contribution in [0.1, 0.15) is 43.0 Å². The first kappa shape index (κ1) is 10.2. The molecule has 0 unspecified atom stereocenters. The molecule has 15 heavy (non-hydrogen) atoms. The summed E-state index contributed by atoms with van der Waals surface area (Å²) >= 11 is 0. The standard InChI is InChI=1S/C11H15NO3/c1-7-8(2)15-9(12-7)11(10(13)14)5-3-4-6-11/h3-6H2,1-2H3,(H,13,14). The van der Waals surface area contributed by atoms with Crippen LogP contribution >= 0.6 is 0 Å². The third kappa shape index (κ3) is 1.44. The Labute approximate surface area is 88.3 Å². The van der Waals surface area contributed by atoms with Gasteiger partial charge in [0.2, 0.25) is 5.89 Å². The molecule has 1 saturated carbocycles. The van der Waals surface area contributed by atoms with Crippen LogP contribution in [0.4, 0.5) is 0 Å². The largest absolute Gasteiger partial charge is 0.480 e. The molecule has 1 N–H and O–H groups in total. The molecule has 1 aliphatic rings. The first-order valence-corrected chi connectivity index (χ1v) is 5.24. The highest BCUT2D eigenvalue weighted by atomic mass is 16.4. The van der Waals surface area contributed by atoms with Crippen LogP contribution in [0.5, 0.6) is 0 Å². The Morgan fingerprint density at radius 3 is 2.40 bits per heavy atom. The molecule has 0 bridgehead atoms. The zero-order chi connectivity index (χ0) is 11.1. The van der Waals surface area contributed by atoms with E-state index >= 15 is 0 Å². The van der Waals surface area contributed by atoms with Crippen LogP contribution in [0.3, 0.4) is 0 Å². The number of nitrogens with zero attached hydrogens (tertiary/aromatic N) is 1. The quantitative estimate of drug-likeness (QED) is 0.810. The van der Waals surface area contributed by atoms with Gasteiger partial charge in [-0.25, -0.2) is 4.98 Å². The number of aliphatic carboxylic acids is 1. The molecule has 0 radical (unpaired) electrons. The summed E-state index contributed by atoms with van der Waals surface area (Å²) in [5.41, 5.74) is -0.0727. The van der Waals surface area contributed by atoms with Crippen LogP contribution in [0.25, 0.3) is 0 Å². The molecule has 4 heteroatoms. The van der Waals surface area contributed by atoms with Crippen LogP contribution in [-0.4, -0.2) is 16.1 Å². The number of hydrogen-bond acceptors (Lipinski definition) is 3. The molecule has 82 valence electrons. The SMILES string of the molecule is Cc1nc(C2(C(=O)O)CCCC2)oc1C. The zero-order valence-electron chi connectivity index (χ0n) is 9.04. The number of hydrogen-bond donors (Lipinski definition) is 1. The van der Waals surface area contributed by atoms with Crippen molar-refractivity contribution in [3.05, 3.63) is 17.3 Å². The number of oxazole rings is 1. The predicted octanol–water partition coefficient (Wildman–Crippen LogP) is 2.19. The Kier molecular flexibility index (Phi) is 2.29. The van der Waals surface area contributed by atoms with Crippen molar-refractivity contribution in [2.45, 2.75) is 44.9 Å². The average Bonchev–Trinajstić information content (AvgIpc) is 2.75. The number of aromatic nitrogens is 1. The second-order valence-electron chi connectivity index (χ2n) is 4.25. The van der Waals surface area contributed by atoms with Crippen molar-refractivity contribution in [2.75, 3.05) is 0 Å². The van der Waals surface area contributed by atoms with E-state index in [2.05, 4.69) is 4.98 Å². The maximum absolute atomic E-state index is 11.3. The lowest BCUT2D eigenvalue weighted by Gasteiger charge is -2.19. The lowest BCUT2D eigenvalue weighted by molar-refractivity contribution is -0.144. The van der Waals surface area contributed by atoms with Crippen molar-refractivity contribution in [3.63, 3.8) is 0 Å². The van der Waals surface area contributed by atoms with Gasteiger partial charge in [0.25, 0.3) is 0 Å². The second kappa shape index (κ2) is 3.36. The molecule has 0 spiro atoms. The number of carboxylic acids is 1. The lowest BCUT2D eigenvalue weighted by atomic mass is 9.86. The summed E-state index contributed by atoms with van der Waals surface area (Å²) in [6.45, 7) is 3.66. The van der Waals surface area contributed by atoms with Gasteiger partial charge in [0.1, 0.15) is 11.2 Å². The Morgan fingerprint density at radius 2 is 2.00 bits per heavy atom. The van der Waals surface area contributed by atoms with E-state index in [1.165, 1.54) is 0 Å². The van der Waals surface area contributed by atoms with Crippen LogP contribution in [-0.2, 0) is 10.2 Å². The minimum absolute atomic E-state index is 0.391. The molecule has 1 aromatic rings. The highest BCUT2D eigenvalue weighted by Gasteiger charge is 2.47. The molecule has 0 aliphatic heterocycles. The van der Waals surface area contributed by atoms with Crippen molar-refractivity contribution in [1.29, 1.82) is 0 Å². The second-order valence-corrected chi connectivity index (χ2v) is 4.25. The normalized spacial score (nSPS) is 19.3. The smallest absolute Gasteiger partial charge is 0.319 e. The van der Waals surface area contributed by atoms with E-state index in [9.17, 15) is 9.90 Å². The molecule has 0 aromatic carbocycles. The van der Waals surface area contributed by atoms with Gasteiger partial charge in [0.15, 0.2) is 0 Å². The van der Waals surface area contributed by atoms with Crippen LogP contribution in [0, 0.1) is 13.8 Å².